The van der Waals surface area contributed by atoms with Gasteiger partial charge in [-0.05, 0) is 25.0 Å². The Balaban J connectivity index is 0.000000771. The molecule has 1 aromatic rings. The highest BCUT2D eigenvalue weighted by Crippen LogP contribution is 2.20. The minimum atomic E-state index is -0.826. The first kappa shape index (κ1) is 14.8. The summed E-state index contributed by atoms with van der Waals surface area (Å²) < 4.78 is 31.5. The Morgan fingerprint density at radius 1 is 1.50 bits per heavy atom. The van der Waals surface area contributed by atoms with Crippen molar-refractivity contribution in [3.8, 4) is 5.75 Å². The molecule has 102 valence electrons. The molecule has 1 N–H and O–H groups in total. The third-order valence-corrected chi connectivity index (χ3v) is 2.66. The van der Waals surface area contributed by atoms with Crippen LogP contribution in [0.25, 0.3) is 0 Å². The van der Waals surface area contributed by atoms with E-state index < -0.39 is 12.1 Å². The van der Waals surface area contributed by atoms with E-state index >= 15 is 0 Å². The smallest absolute Gasteiger partial charge is 0.255 e. The van der Waals surface area contributed by atoms with Crippen molar-refractivity contribution < 1.29 is 13.5 Å². The van der Waals surface area contributed by atoms with Gasteiger partial charge in [-0.15, -0.1) is 0 Å². The van der Waals surface area contributed by atoms with Crippen LogP contribution < -0.4 is 10.1 Å². The van der Waals surface area contributed by atoms with Gasteiger partial charge < -0.3 is 10.1 Å². The minimum absolute atomic E-state index is 0.0472. The van der Waals surface area contributed by atoms with Gasteiger partial charge in [-0.1, -0.05) is 13.8 Å². The molecule has 1 aliphatic rings. The van der Waals surface area contributed by atoms with Crippen molar-refractivity contribution in [3.63, 3.8) is 0 Å². The van der Waals surface area contributed by atoms with Gasteiger partial charge in [0.1, 0.15) is 12.8 Å². The fraction of sp³-hybridized carbons (Fsp3) is 0.615. The zero-order valence-corrected chi connectivity index (χ0v) is 11.0. The predicted molar refractivity (Wildman–Crippen MR) is 67.1 cm³/mol. The van der Waals surface area contributed by atoms with Gasteiger partial charge in [-0.3, -0.25) is 0 Å². The fourth-order valence-electron chi connectivity index (χ4n) is 1.77. The van der Waals surface area contributed by atoms with Crippen molar-refractivity contribution in [2.75, 3.05) is 13.2 Å². The number of aromatic nitrogens is 1. The molecule has 0 aromatic carbocycles. The summed E-state index contributed by atoms with van der Waals surface area (Å²) in [6, 6.07) is 1.63. The molecule has 2 atom stereocenters. The van der Waals surface area contributed by atoms with Crippen LogP contribution in [0.2, 0.25) is 0 Å². The van der Waals surface area contributed by atoms with Gasteiger partial charge in [-0.25, -0.2) is 9.37 Å². The lowest BCUT2D eigenvalue weighted by molar-refractivity contribution is 0.253. The van der Waals surface area contributed by atoms with Crippen molar-refractivity contribution in [3.05, 3.63) is 23.8 Å². The molecule has 1 aliphatic heterocycles. The first-order valence-corrected chi connectivity index (χ1v) is 6.28. The highest BCUT2D eigenvalue weighted by atomic mass is 19.1. The summed E-state index contributed by atoms with van der Waals surface area (Å²) in [6.07, 6.45) is 0.984. The van der Waals surface area contributed by atoms with Crippen LogP contribution in [0.4, 0.5) is 8.78 Å². The van der Waals surface area contributed by atoms with Gasteiger partial charge >= 0.3 is 0 Å². The average Bonchev–Trinajstić information content (AvgIpc) is 2.77. The van der Waals surface area contributed by atoms with E-state index in [1.807, 2.05) is 13.8 Å². The second kappa shape index (κ2) is 7.26. The molecule has 0 saturated carbocycles. The maximum atomic E-state index is 13.3. The topological polar surface area (TPSA) is 34.1 Å². The van der Waals surface area contributed by atoms with Crippen LogP contribution in [0.3, 0.4) is 0 Å². The van der Waals surface area contributed by atoms with Gasteiger partial charge in [-0.2, -0.15) is 4.39 Å². The number of alkyl halides is 1. The van der Waals surface area contributed by atoms with Crippen molar-refractivity contribution >= 4 is 0 Å². The normalized spacial score (nSPS) is 22.3. The molecule has 2 heterocycles. The van der Waals surface area contributed by atoms with Crippen LogP contribution in [0.1, 0.15) is 25.8 Å². The zero-order chi connectivity index (χ0) is 13.5. The number of nitrogens with zero attached hydrogens (tertiary/aromatic N) is 1. The van der Waals surface area contributed by atoms with E-state index in [1.54, 1.807) is 13.0 Å². The molecule has 2 rings (SSSR count). The van der Waals surface area contributed by atoms with Crippen LogP contribution >= 0.6 is 0 Å². The summed E-state index contributed by atoms with van der Waals surface area (Å²) in [6.45, 7) is 6.37. The van der Waals surface area contributed by atoms with E-state index in [4.69, 9.17) is 4.74 Å². The van der Waals surface area contributed by atoms with Crippen molar-refractivity contribution in [1.82, 2.24) is 10.3 Å². The summed E-state index contributed by atoms with van der Waals surface area (Å²) in [7, 11) is 0. The molecule has 2 unspecified atom stereocenters. The quantitative estimate of drug-likeness (QED) is 0.846. The fourth-order valence-corrected chi connectivity index (χ4v) is 1.77. The number of hydrogen-bond donors (Lipinski definition) is 1. The number of ether oxygens (including phenoxy) is 1. The minimum Gasteiger partial charge on any atom is -0.487 e. The first-order chi connectivity index (χ1) is 8.66. The van der Waals surface area contributed by atoms with Crippen LogP contribution in [0, 0.1) is 12.9 Å². The maximum absolute atomic E-state index is 13.3. The Morgan fingerprint density at radius 3 is 2.78 bits per heavy atom. The second-order valence-electron chi connectivity index (χ2n) is 4.00. The van der Waals surface area contributed by atoms with E-state index in [1.165, 1.54) is 6.20 Å². The molecule has 0 radical (unpaired) electrons. The Morgan fingerprint density at radius 2 is 2.22 bits per heavy atom. The molecule has 0 bridgehead atoms. The summed E-state index contributed by atoms with van der Waals surface area (Å²) >= 11 is 0. The van der Waals surface area contributed by atoms with Gasteiger partial charge in [0.05, 0.1) is 0 Å². The molecular formula is C13H20F2N2O. The number of nitrogens with one attached hydrogen (secondary N) is 1. The molecular weight excluding hydrogens is 238 g/mol. The maximum Gasteiger partial charge on any atom is 0.255 e. The monoisotopic (exact) mass is 258 g/mol. The first-order valence-electron chi connectivity index (χ1n) is 6.28. The molecule has 5 heteroatoms. The molecule has 18 heavy (non-hydrogen) atoms. The molecule has 1 aromatic heterocycles. The predicted octanol–water partition coefficient (Wildman–Crippen LogP) is 2.63. The molecule has 0 spiro atoms. The van der Waals surface area contributed by atoms with Gasteiger partial charge in [0.25, 0.3) is 5.95 Å². The Bertz CT molecular complexity index is 354. The highest BCUT2D eigenvalue weighted by Gasteiger charge is 2.24. The van der Waals surface area contributed by atoms with Crippen LogP contribution in [0.5, 0.6) is 5.75 Å². The SMILES string of the molecule is CC.Cc1ccnc(F)c1OCC1CC(F)CN1. The van der Waals surface area contributed by atoms with Gasteiger partial charge in [0, 0.05) is 18.8 Å². The van der Waals surface area contributed by atoms with E-state index in [-0.39, 0.29) is 18.4 Å². The number of hydrogen-bond acceptors (Lipinski definition) is 3. The lowest BCUT2D eigenvalue weighted by Gasteiger charge is -2.13. The van der Waals surface area contributed by atoms with Crippen LogP contribution in [-0.2, 0) is 0 Å². The molecule has 0 amide bonds. The molecule has 1 fully saturated rings. The number of pyridine rings is 1. The third kappa shape index (κ3) is 3.91. The number of halogens is 2. The van der Waals surface area contributed by atoms with E-state index in [2.05, 4.69) is 10.3 Å². The van der Waals surface area contributed by atoms with Crippen molar-refractivity contribution in [2.24, 2.45) is 0 Å². The molecule has 3 nitrogen and oxygen atoms in total. The average molecular weight is 258 g/mol. The summed E-state index contributed by atoms with van der Waals surface area (Å²) in [5, 5.41) is 2.97. The number of aryl methyl sites for hydroxylation is 1. The van der Waals surface area contributed by atoms with E-state index in [0.717, 1.165) is 0 Å². The Labute approximate surface area is 107 Å². The summed E-state index contributed by atoms with van der Waals surface area (Å²) in [5.74, 6) is -0.457. The standard InChI is InChI=1S/C11H14F2N2O.C2H6/c1-7-2-3-14-11(13)10(7)16-6-9-4-8(12)5-15-9;1-2/h2-3,8-9,15H,4-6H2,1H3;1-2H3. The highest BCUT2D eigenvalue weighted by molar-refractivity contribution is 5.29. The van der Waals surface area contributed by atoms with Gasteiger partial charge in [0.2, 0.25) is 0 Å². The zero-order valence-electron chi connectivity index (χ0n) is 11.0. The summed E-state index contributed by atoms with van der Waals surface area (Å²) in [4.78, 5) is 3.51. The summed E-state index contributed by atoms with van der Waals surface area (Å²) in [5.41, 5.74) is 0.697. The third-order valence-electron chi connectivity index (χ3n) is 2.66. The molecule has 0 aliphatic carbocycles. The largest absolute Gasteiger partial charge is 0.487 e. The van der Waals surface area contributed by atoms with Crippen molar-refractivity contribution in [1.29, 1.82) is 0 Å². The lowest BCUT2D eigenvalue weighted by atomic mass is 10.2. The van der Waals surface area contributed by atoms with E-state index in [9.17, 15) is 8.78 Å². The Hall–Kier alpha value is -1.23. The second-order valence-corrected chi connectivity index (χ2v) is 4.00. The molecule has 1 saturated heterocycles. The van der Waals surface area contributed by atoms with Gasteiger partial charge in [0.15, 0.2) is 5.75 Å². The van der Waals surface area contributed by atoms with Crippen LogP contribution in [-0.4, -0.2) is 30.3 Å². The van der Waals surface area contributed by atoms with Crippen molar-refractivity contribution in [2.45, 2.75) is 39.4 Å². The van der Waals surface area contributed by atoms with E-state index in [0.29, 0.717) is 18.5 Å². The Kier molecular flexibility index (Phi) is 5.98. The number of rotatable bonds is 3. The lowest BCUT2D eigenvalue weighted by Crippen LogP contribution is -2.28. The van der Waals surface area contributed by atoms with Crippen LogP contribution in [0.15, 0.2) is 12.3 Å².